The Morgan fingerprint density at radius 1 is 1.00 bits per heavy atom. The van der Waals surface area contributed by atoms with E-state index in [4.69, 9.17) is 0 Å². The van der Waals surface area contributed by atoms with Crippen LogP contribution in [0.25, 0.3) is 0 Å². The molecule has 0 atom stereocenters. The van der Waals surface area contributed by atoms with E-state index in [0.29, 0.717) is 6.61 Å². The van der Waals surface area contributed by atoms with Crippen molar-refractivity contribution >= 4 is 11.8 Å². The van der Waals surface area contributed by atoms with Crippen LogP contribution >= 0.6 is 0 Å². The van der Waals surface area contributed by atoms with E-state index in [1.807, 2.05) is 48.5 Å². The van der Waals surface area contributed by atoms with Crippen molar-refractivity contribution in [2.75, 3.05) is 6.61 Å². The van der Waals surface area contributed by atoms with Gasteiger partial charge in [-0.05, 0) is 24.5 Å². The minimum Gasteiger partial charge on any atom is -0.466 e. The topological polar surface area (TPSA) is 43.4 Å². The molecule has 0 bridgehead atoms. The fourth-order valence-electron chi connectivity index (χ4n) is 2.35. The highest BCUT2D eigenvalue weighted by molar-refractivity contribution is 6.12. The lowest BCUT2D eigenvalue weighted by Crippen LogP contribution is -2.14. The Labute approximate surface area is 124 Å². The van der Waals surface area contributed by atoms with E-state index in [-0.39, 0.29) is 11.8 Å². The van der Waals surface area contributed by atoms with Gasteiger partial charge in [0.25, 0.3) is 0 Å². The molecule has 3 rings (SSSR count). The Hall–Kier alpha value is -2.42. The molecule has 0 spiro atoms. The molecule has 2 aromatic rings. The predicted molar refractivity (Wildman–Crippen MR) is 81.4 cm³/mol. The molecule has 0 amide bonds. The molecule has 108 valence electrons. The second-order valence-corrected chi connectivity index (χ2v) is 4.74. The first-order chi connectivity index (χ1) is 10.1. The van der Waals surface area contributed by atoms with Crippen molar-refractivity contribution in [3.63, 3.8) is 0 Å². The molecule has 0 aliphatic heterocycles. The van der Waals surface area contributed by atoms with Crippen LogP contribution in [0.3, 0.4) is 0 Å². The van der Waals surface area contributed by atoms with Gasteiger partial charge in [-0.15, -0.1) is 0 Å². The van der Waals surface area contributed by atoms with Gasteiger partial charge in [0.1, 0.15) is 0 Å². The summed E-state index contributed by atoms with van der Waals surface area (Å²) in [5.74, 6) is -0.0510. The van der Waals surface area contributed by atoms with Crippen LogP contribution in [-0.2, 0) is 16.0 Å². The zero-order valence-corrected chi connectivity index (χ0v) is 12.3. The van der Waals surface area contributed by atoms with E-state index in [0.717, 1.165) is 28.7 Å². The Balaban J connectivity index is 0.000000232. The van der Waals surface area contributed by atoms with E-state index in [1.54, 1.807) is 6.92 Å². The fourth-order valence-corrected chi connectivity index (χ4v) is 2.35. The monoisotopic (exact) mass is 282 g/mol. The molecule has 1 aliphatic carbocycles. The summed E-state index contributed by atoms with van der Waals surface area (Å²) in [5.41, 5.74) is 4.00. The molecule has 0 saturated carbocycles. The Morgan fingerprint density at radius 2 is 1.48 bits per heavy atom. The van der Waals surface area contributed by atoms with Gasteiger partial charge in [0.2, 0.25) is 0 Å². The minimum atomic E-state index is -0.211. The SMILES string of the molecule is CCOC(C)=O.O=C1c2ccccc2Cc2ccccc21. The van der Waals surface area contributed by atoms with Crippen molar-refractivity contribution in [1.82, 2.24) is 0 Å². The third-order valence-corrected chi connectivity index (χ3v) is 3.25. The number of rotatable bonds is 1. The van der Waals surface area contributed by atoms with Gasteiger partial charge in [-0.25, -0.2) is 0 Å². The van der Waals surface area contributed by atoms with Gasteiger partial charge in [-0.2, -0.15) is 0 Å². The lowest BCUT2D eigenvalue weighted by molar-refractivity contribution is -0.140. The van der Waals surface area contributed by atoms with Gasteiger partial charge in [-0.1, -0.05) is 48.5 Å². The van der Waals surface area contributed by atoms with Crippen LogP contribution in [0.15, 0.2) is 48.5 Å². The number of hydrogen-bond acceptors (Lipinski definition) is 3. The highest BCUT2D eigenvalue weighted by Crippen LogP contribution is 2.26. The zero-order chi connectivity index (χ0) is 15.2. The highest BCUT2D eigenvalue weighted by atomic mass is 16.5. The molecule has 0 unspecified atom stereocenters. The van der Waals surface area contributed by atoms with Gasteiger partial charge >= 0.3 is 5.97 Å². The molecular formula is C18H18O3. The summed E-state index contributed by atoms with van der Waals surface area (Å²) in [7, 11) is 0. The summed E-state index contributed by atoms with van der Waals surface area (Å²) in [5, 5.41) is 0. The maximum absolute atomic E-state index is 12.1. The van der Waals surface area contributed by atoms with E-state index in [2.05, 4.69) is 4.74 Å². The highest BCUT2D eigenvalue weighted by Gasteiger charge is 2.21. The van der Waals surface area contributed by atoms with Gasteiger partial charge < -0.3 is 4.74 Å². The molecule has 0 saturated heterocycles. The summed E-state index contributed by atoms with van der Waals surface area (Å²) in [6.45, 7) is 3.65. The molecule has 3 heteroatoms. The Kier molecular flexibility index (Phi) is 4.88. The molecule has 2 aromatic carbocycles. The number of ether oxygens (including phenoxy) is 1. The second kappa shape index (κ2) is 6.84. The summed E-state index contributed by atoms with van der Waals surface area (Å²) in [6, 6.07) is 15.7. The third-order valence-electron chi connectivity index (χ3n) is 3.25. The summed E-state index contributed by atoms with van der Waals surface area (Å²) in [4.78, 5) is 21.9. The van der Waals surface area contributed by atoms with E-state index in [1.165, 1.54) is 6.92 Å². The van der Waals surface area contributed by atoms with Crippen LogP contribution < -0.4 is 0 Å². The number of esters is 1. The maximum atomic E-state index is 12.1. The number of hydrogen-bond donors (Lipinski definition) is 0. The fraction of sp³-hybridized carbons (Fsp3) is 0.222. The van der Waals surface area contributed by atoms with Crippen molar-refractivity contribution in [3.05, 3.63) is 70.8 Å². The smallest absolute Gasteiger partial charge is 0.302 e. The van der Waals surface area contributed by atoms with Gasteiger partial charge in [0, 0.05) is 18.1 Å². The lowest BCUT2D eigenvalue weighted by Gasteiger charge is -2.17. The maximum Gasteiger partial charge on any atom is 0.302 e. The molecule has 3 nitrogen and oxygen atoms in total. The van der Waals surface area contributed by atoms with Gasteiger partial charge in [0.05, 0.1) is 6.61 Å². The summed E-state index contributed by atoms with van der Waals surface area (Å²) < 4.78 is 4.40. The van der Waals surface area contributed by atoms with Crippen molar-refractivity contribution in [2.24, 2.45) is 0 Å². The number of fused-ring (bicyclic) bond motifs is 2. The van der Waals surface area contributed by atoms with Gasteiger partial charge in [0.15, 0.2) is 5.78 Å². The molecular weight excluding hydrogens is 264 g/mol. The third kappa shape index (κ3) is 3.57. The molecule has 0 aromatic heterocycles. The molecule has 0 N–H and O–H groups in total. The van der Waals surface area contributed by atoms with E-state index >= 15 is 0 Å². The van der Waals surface area contributed by atoms with Gasteiger partial charge in [-0.3, -0.25) is 9.59 Å². The first-order valence-corrected chi connectivity index (χ1v) is 6.97. The molecule has 0 radical (unpaired) electrons. The van der Waals surface area contributed by atoms with Crippen molar-refractivity contribution in [3.8, 4) is 0 Å². The minimum absolute atomic E-state index is 0.160. The molecule has 0 heterocycles. The number of ketones is 1. The van der Waals surface area contributed by atoms with Crippen molar-refractivity contribution in [1.29, 1.82) is 0 Å². The van der Waals surface area contributed by atoms with Crippen LogP contribution in [0.1, 0.15) is 40.9 Å². The lowest BCUT2D eigenvalue weighted by atomic mass is 9.85. The van der Waals surface area contributed by atoms with Crippen LogP contribution in [0.5, 0.6) is 0 Å². The van der Waals surface area contributed by atoms with Crippen LogP contribution in [0.2, 0.25) is 0 Å². The standard InChI is InChI=1S/C14H10O.C4H8O2/c15-14-12-7-3-1-5-10(12)9-11-6-2-4-8-13(11)14;1-3-6-4(2)5/h1-8H,9H2;3H2,1-2H3. The van der Waals surface area contributed by atoms with Crippen molar-refractivity contribution in [2.45, 2.75) is 20.3 Å². The predicted octanol–water partition coefficient (Wildman–Crippen LogP) is 3.39. The quantitative estimate of drug-likeness (QED) is 0.643. The Morgan fingerprint density at radius 3 is 1.86 bits per heavy atom. The normalized spacial score (nSPS) is 11.6. The van der Waals surface area contributed by atoms with Crippen molar-refractivity contribution < 1.29 is 14.3 Å². The number of carbonyl (C=O) groups excluding carboxylic acids is 2. The van der Waals surface area contributed by atoms with E-state index in [9.17, 15) is 9.59 Å². The summed E-state index contributed by atoms with van der Waals surface area (Å²) >= 11 is 0. The zero-order valence-electron chi connectivity index (χ0n) is 12.3. The number of benzene rings is 2. The second-order valence-electron chi connectivity index (χ2n) is 4.74. The first kappa shape index (κ1) is 15.0. The van der Waals surface area contributed by atoms with Crippen LogP contribution in [0, 0.1) is 0 Å². The Bertz CT molecular complexity index is 612. The van der Waals surface area contributed by atoms with Crippen LogP contribution in [0.4, 0.5) is 0 Å². The molecule has 1 aliphatic rings. The number of carbonyl (C=O) groups is 2. The first-order valence-electron chi connectivity index (χ1n) is 6.97. The average molecular weight is 282 g/mol. The largest absolute Gasteiger partial charge is 0.466 e. The molecule has 21 heavy (non-hydrogen) atoms. The average Bonchev–Trinajstić information content (AvgIpc) is 2.48. The summed E-state index contributed by atoms with van der Waals surface area (Å²) in [6.07, 6.45) is 0.873. The van der Waals surface area contributed by atoms with E-state index < -0.39 is 0 Å². The van der Waals surface area contributed by atoms with Crippen LogP contribution in [-0.4, -0.2) is 18.4 Å². The molecule has 0 fully saturated rings.